The summed E-state index contributed by atoms with van der Waals surface area (Å²) in [7, 11) is 0. The third-order valence-corrected chi connectivity index (χ3v) is 4.63. The molecule has 5 nitrogen and oxygen atoms in total. The monoisotopic (exact) mass is 339 g/mol. The number of benzene rings is 1. The van der Waals surface area contributed by atoms with Crippen LogP contribution in [0.25, 0.3) is 0 Å². The minimum Gasteiger partial charge on any atom is -0.379 e. The van der Waals surface area contributed by atoms with Crippen LogP contribution in [0.4, 0.5) is 5.69 Å². The van der Waals surface area contributed by atoms with Crippen molar-refractivity contribution < 1.29 is 9.53 Å². The minimum atomic E-state index is -0.0352. The van der Waals surface area contributed by atoms with Crippen LogP contribution in [-0.2, 0) is 9.53 Å². The van der Waals surface area contributed by atoms with Crippen molar-refractivity contribution in [3.63, 3.8) is 0 Å². The van der Waals surface area contributed by atoms with Gasteiger partial charge in [0, 0.05) is 24.8 Å². The number of hydrogen-bond donors (Lipinski definition) is 2. The summed E-state index contributed by atoms with van der Waals surface area (Å²) in [4.78, 5) is 14.5. The van der Waals surface area contributed by atoms with Crippen LogP contribution in [0.3, 0.4) is 0 Å². The zero-order valence-electron chi connectivity index (χ0n) is 13.6. The van der Waals surface area contributed by atoms with Crippen molar-refractivity contribution in [2.24, 2.45) is 0 Å². The lowest BCUT2D eigenvalue weighted by molar-refractivity contribution is -0.117. The largest absolute Gasteiger partial charge is 0.379 e. The second-order valence-corrected chi connectivity index (χ2v) is 6.08. The number of amides is 1. The minimum absolute atomic E-state index is 0. The van der Waals surface area contributed by atoms with E-state index in [1.807, 2.05) is 12.1 Å². The van der Waals surface area contributed by atoms with E-state index in [1.165, 1.54) is 5.56 Å². The predicted octanol–water partition coefficient (Wildman–Crippen LogP) is 2.19. The predicted molar refractivity (Wildman–Crippen MR) is 94.2 cm³/mol. The smallest absolute Gasteiger partial charge is 0.241 e. The molecule has 2 aliphatic heterocycles. The van der Waals surface area contributed by atoms with Gasteiger partial charge in [0.15, 0.2) is 0 Å². The third-order valence-electron chi connectivity index (χ3n) is 4.63. The number of rotatable bonds is 4. The van der Waals surface area contributed by atoms with Gasteiger partial charge in [0.1, 0.15) is 0 Å². The van der Waals surface area contributed by atoms with E-state index in [4.69, 9.17) is 4.74 Å². The van der Waals surface area contributed by atoms with E-state index >= 15 is 0 Å². The highest BCUT2D eigenvalue weighted by atomic mass is 35.5. The van der Waals surface area contributed by atoms with Crippen LogP contribution in [0.2, 0.25) is 0 Å². The Hall–Kier alpha value is -1.14. The lowest BCUT2D eigenvalue weighted by Crippen LogP contribution is -2.38. The maximum Gasteiger partial charge on any atom is 0.241 e. The molecule has 1 aromatic rings. The van der Waals surface area contributed by atoms with Gasteiger partial charge in [-0.1, -0.05) is 12.1 Å². The topological polar surface area (TPSA) is 53.6 Å². The Kier molecular flexibility index (Phi) is 6.84. The highest BCUT2D eigenvalue weighted by Gasteiger charge is 2.22. The first kappa shape index (κ1) is 18.2. The summed E-state index contributed by atoms with van der Waals surface area (Å²) in [6.45, 7) is 6.75. The Morgan fingerprint density at radius 2 is 2.00 bits per heavy atom. The van der Waals surface area contributed by atoms with Crippen molar-refractivity contribution in [3.8, 4) is 0 Å². The van der Waals surface area contributed by atoms with E-state index in [1.54, 1.807) is 0 Å². The van der Waals surface area contributed by atoms with Crippen molar-refractivity contribution in [2.75, 3.05) is 38.2 Å². The van der Waals surface area contributed by atoms with E-state index in [0.717, 1.165) is 51.4 Å². The number of carbonyl (C=O) groups is 1. The zero-order chi connectivity index (χ0) is 15.4. The Bertz CT molecular complexity index is 497. The maximum absolute atomic E-state index is 12.1. The van der Waals surface area contributed by atoms with Crippen LogP contribution < -0.4 is 10.6 Å². The Morgan fingerprint density at radius 1 is 1.30 bits per heavy atom. The van der Waals surface area contributed by atoms with Crippen LogP contribution in [0.1, 0.15) is 31.4 Å². The second-order valence-electron chi connectivity index (χ2n) is 6.08. The number of carbonyl (C=O) groups excluding carboxylic acids is 1. The van der Waals surface area contributed by atoms with Crippen LogP contribution in [0.15, 0.2) is 24.3 Å². The van der Waals surface area contributed by atoms with Gasteiger partial charge in [0.2, 0.25) is 5.91 Å². The fourth-order valence-electron chi connectivity index (χ4n) is 3.16. The van der Waals surface area contributed by atoms with Gasteiger partial charge >= 0.3 is 0 Å². The molecular formula is C17H26ClN3O2. The Morgan fingerprint density at radius 3 is 2.61 bits per heavy atom. The molecule has 0 saturated carbocycles. The van der Waals surface area contributed by atoms with Gasteiger partial charge in [0.25, 0.3) is 0 Å². The average Bonchev–Trinajstić information content (AvgIpc) is 3.10. The third kappa shape index (κ3) is 4.67. The van der Waals surface area contributed by atoms with E-state index < -0.39 is 0 Å². The van der Waals surface area contributed by atoms with E-state index in [0.29, 0.717) is 6.04 Å². The molecule has 0 radical (unpaired) electrons. The van der Waals surface area contributed by atoms with Gasteiger partial charge in [-0.05, 0) is 44.0 Å². The van der Waals surface area contributed by atoms with E-state index in [-0.39, 0.29) is 24.4 Å². The summed E-state index contributed by atoms with van der Waals surface area (Å²) >= 11 is 0. The molecule has 2 atom stereocenters. The molecule has 0 spiro atoms. The normalized spacial score (nSPS) is 23.1. The van der Waals surface area contributed by atoms with Crippen molar-refractivity contribution >= 4 is 24.0 Å². The SMILES string of the molecule is CC(c1ccc(NC(=O)C2CCCN2)cc1)N1CCOCC1.Cl. The summed E-state index contributed by atoms with van der Waals surface area (Å²) < 4.78 is 5.40. The van der Waals surface area contributed by atoms with E-state index in [2.05, 4.69) is 34.6 Å². The summed E-state index contributed by atoms with van der Waals surface area (Å²) in [5, 5.41) is 6.21. The molecule has 128 valence electrons. The fraction of sp³-hybridized carbons (Fsp3) is 0.588. The van der Waals surface area contributed by atoms with Gasteiger partial charge < -0.3 is 15.4 Å². The number of morpholine rings is 1. The molecule has 2 fully saturated rings. The second kappa shape index (κ2) is 8.64. The zero-order valence-corrected chi connectivity index (χ0v) is 14.4. The van der Waals surface area contributed by atoms with Crippen molar-refractivity contribution in [1.82, 2.24) is 10.2 Å². The molecule has 3 rings (SSSR count). The number of nitrogens with one attached hydrogen (secondary N) is 2. The number of ether oxygens (including phenoxy) is 1. The molecule has 1 amide bonds. The van der Waals surface area contributed by atoms with Gasteiger partial charge in [0.05, 0.1) is 19.3 Å². The molecule has 0 bridgehead atoms. The molecule has 2 saturated heterocycles. The standard InChI is InChI=1S/C17H25N3O2.ClH/c1-13(20-9-11-22-12-10-20)14-4-6-15(7-5-14)19-17(21)16-3-2-8-18-16;/h4-7,13,16,18H,2-3,8-12H2,1H3,(H,19,21);1H. The first-order chi connectivity index (χ1) is 10.7. The molecule has 2 heterocycles. The van der Waals surface area contributed by atoms with Crippen LogP contribution >= 0.6 is 12.4 Å². The first-order valence-electron chi connectivity index (χ1n) is 8.20. The van der Waals surface area contributed by atoms with Crippen LogP contribution in [0.5, 0.6) is 0 Å². The quantitative estimate of drug-likeness (QED) is 0.883. The summed E-state index contributed by atoms with van der Waals surface area (Å²) in [5.74, 6) is 0.0754. The molecule has 2 N–H and O–H groups in total. The Labute approximate surface area is 144 Å². The van der Waals surface area contributed by atoms with Gasteiger partial charge in [-0.15, -0.1) is 12.4 Å². The molecule has 2 unspecified atom stereocenters. The molecule has 2 aliphatic rings. The van der Waals surface area contributed by atoms with Crippen molar-refractivity contribution in [1.29, 1.82) is 0 Å². The van der Waals surface area contributed by atoms with Gasteiger partial charge in [-0.2, -0.15) is 0 Å². The van der Waals surface area contributed by atoms with Crippen LogP contribution in [-0.4, -0.2) is 49.7 Å². The van der Waals surface area contributed by atoms with E-state index in [9.17, 15) is 4.79 Å². The molecule has 1 aromatic carbocycles. The maximum atomic E-state index is 12.1. The number of hydrogen-bond acceptors (Lipinski definition) is 4. The molecule has 0 aliphatic carbocycles. The fourth-order valence-corrected chi connectivity index (χ4v) is 3.16. The van der Waals surface area contributed by atoms with Crippen LogP contribution in [0, 0.1) is 0 Å². The Balaban J connectivity index is 0.00000192. The van der Waals surface area contributed by atoms with Crippen molar-refractivity contribution in [3.05, 3.63) is 29.8 Å². The van der Waals surface area contributed by atoms with Crippen molar-refractivity contribution in [2.45, 2.75) is 31.8 Å². The van der Waals surface area contributed by atoms with Gasteiger partial charge in [-0.25, -0.2) is 0 Å². The highest BCUT2D eigenvalue weighted by molar-refractivity contribution is 5.95. The average molecular weight is 340 g/mol. The summed E-state index contributed by atoms with van der Waals surface area (Å²) in [5.41, 5.74) is 2.15. The summed E-state index contributed by atoms with van der Waals surface area (Å²) in [6, 6.07) is 8.56. The molecule has 23 heavy (non-hydrogen) atoms. The number of anilines is 1. The number of nitrogens with zero attached hydrogens (tertiary/aromatic N) is 1. The lowest BCUT2D eigenvalue weighted by Gasteiger charge is -2.32. The summed E-state index contributed by atoms with van der Waals surface area (Å²) in [6.07, 6.45) is 2.01. The first-order valence-corrected chi connectivity index (χ1v) is 8.20. The highest BCUT2D eigenvalue weighted by Crippen LogP contribution is 2.23. The number of halogens is 1. The molecular weight excluding hydrogens is 314 g/mol. The lowest BCUT2D eigenvalue weighted by atomic mass is 10.1. The molecule has 0 aromatic heterocycles. The van der Waals surface area contributed by atoms with Gasteiger partial charge in [-0.3, -0.25) is 9.69 Å². The molecule has 6 heteroatoms.